The summed E-state index contributed by atoms with van der Waals surface area (Å²) in [4.78, 5) is 6.76. The van der Waals surface area contributed by atoms with E-state index in [0.29, 0.717) is 5.29 Å². The first kappa shape index (κ1) is 20.2. The molecule has 0 aliphatic carbocycles. The maximum Gasteiger partial charge on any atom is 0.200 e. The van der Waals surface area contributed by atoms with E-state index >= 15 is 0 Å². The van der Waals surface area contributed by atoms with E-state index in [1.54, 1.807) is 11.3 Å². The zero-order valence-electron chi connectivity index (χ0n) is 18.3. The molecule has 6 aromatic rings. The average Bonchev–Trinajstić information content (AvgIpc) is 3.43. The van der Waals surface area contributed by atoms with Gasteiger partial charge >= 0.3 is 0 Å². The summed E-state index contributed by atoms with van der Waals surface area (Å²) < 4.78 is 3.91. The molecule has 1 aliphatic rings. The largest absolute Gasteiger partial charge is 0.339 e. The Hall–Kier alpha value is -3.18. The zero-order valence-corrected chi connectivity index (χ0v) is 20.7. The summed E-state index contributed by atoms with van der Waals surface area (Å²) in [6.45, 7) is 0. The molecule has 0 radical (unpaired) electrons. The molecule has 1 aliphatic heterocycles. The highest BCUT2D eigenvalue weighted by molar-refractivity contribution is 7.26. The van der Waals surface area contributed by atoms with E-state index in [-0.39, 0.29) is 6.04 Å². The van der Waals surface area contributed by atoms with Crippen LogP contribution in [0.2, 0.25) is 0 Å². The predicted octanol–water partition coefficient (Wildman–Crippen LogP) is 9.20. The van der Waals surface area contributed by atoms with Crippen molar-refractivity contribution >= 4 is 74.8 Å². The first-order valence-corrected chi connectivity index (χ1v) is 13.2. The minimum absolute atomic E-state index is 0.0327. The summed E-state index contributed by atoms with van der Waals surface area (Å²) in [6.07, 6.45) is 0. The summed E-state index contributed by atoms with van der Waals surface area (Å²) in [6, 6.07) is 32.8. The Morgan fingerprint density at radius 3 is 2.21 bits per heavy atom. The average molecular weight is 495 g/mol. The van der Waals surface area contributed by atoms with Gasteiger partial charge < -0.3 is 4.90 Å². The molecular formula is C29H19ClN2S2. The Labute approximate surface area is 210 Å². The van der Waals surface area contributed by atoms with Crippen LogP contribution in [0.4, 0.5) is 5.00 Å². The van der Waals surface area contributed by atoms with Gasteiger partial charge in [0.05, 0.1) is 6.04 Å². The zero-order chi connectivity index (χ0) is 22.8. The first-order valence-electron chi connectivity index (χ1n) is 11.2. The summed E-state index contributed by atoms with van der Waals surface area (Å²) in [7, 11) is 2.03. The molecule has 2 nitrogen and oxygen atoms in total. The second-order valence-electron chi connectivity index (χ2n) is 8.61. The Kier molecular flexibility index (Phi) is 4.56. The highest BCUT2D eigenvalue weighted by Gasteiger charge is 2.31. The van der Waals surface area contributed by atoms with Gasteiger partial charge in [-0.15, -0.1) is 22.7 Å². The number of fused-ring (bicyclic) bond motifs is 6. The fraction of sp³-hybridized carbons (Fsp3) is 0.0690. The number of rotatable bonds is 2. The van der Waals surface area contributed by atoms with E-state index < -0.39 is 0 Å². The molecule has 0 spiro atoms. The van der Waals surface area contributed by atoms with Gasteiger partial charge in [0.2, 0.25) is 0 Å². The van der Waals surface area contributed by atoms with Gasteiger partial charge in [-0.3, -0.25) is 0 Å². The van der Waals surface area contributed by atoms with Gasteiger partial charge in [0.1, 0.15) is 5.00 Å². The van der Waals surface area contributed by atoms with Crippen molar-refractivity contribution in [1.82, 2.24) is 4.90 Å². The van der Waals surface area contributed by atoms with Crippen molar-refractivity contribution < 1.29 is 0 Å². The maximum atomic E-state index is 6.58. The van der Waals surface area contributed by atoms with Gasteiger partial charge in [0.25, 0.3) is 0 Å². The highest BCUT2D eigenvalue weighted by Crippen LogP contribution is 2.48. The van der Waals surface area contributed by atoms with Crippen molar-refractivity contribution in [2.45, 2.75) is 6.04 Å². The molecule has 0 fully saturated rings. The Balaban J connectivity index is 1.36. The van der Waals surface area contributed by atoms with Crippen LogP contribution in [0.15, 0.2) is 96.0 Å². The van der Waals surface area contributed by atoms with E-state index in [2.05, 4.69) is 101 Å². The van der Waals surface area contributed by atoms with Crippen LogP contribution in [0, 0.1) is 0 Å². The summed E-state index contributed by atoms with van der Waals surface area (Å²) >= 11 is 10.2. The van der Waals surface area contributed by atoms with Crippen molar-refractivity contribution in [1.29, 1.82) is 0 Å². The van der Waals surface area contributed by atoms with Crippen LogP contribution in [-0.2, 0) is 0 Å². The molecule has 1 atom stereocenters. The number of thiophene rings is 2. The Bertz CT molecular complexity index is 1740. The summed E-state index contributed by atoms with van der Waals surface area (Å²) in [5.41, 5.74) is 4.97. The Morgan fingerprint density at radius 1 is 0.735 bits per heavy atom. The normalized spacial score (nSPS) is 15.8. The van der Waals surface area contributed by atoms with Gasteiger partial charge in [-0.25, -0.2) is 4.99 Å². The predicted molar refractivity (Wildman–Crippen MR) is 149 cm³/mol. The Morgan fingerprint density at radius 2 is 1.41 bits per heavy atom. The molecule has 7 rings (SSSR count). The smallest absolute Gasteiger partial charge is 0.200 e. The molecule has 34 heavy (non-hydrogen) atoms. The molecule has 0 amide bonds. The number of halogens is 1. The van der Waals surface area contributed by atoms with Crippen molar-refractivity contribution in [3.05, 3.63) is 102 Å². The molecule has 4 aromatic carbocycles. The van der Waals surface area contributed by atoms with Gasteiger partial charge in [-0.1, -0.05) is 78.9 Å². The summed E-state index contributed by atoms with van der Waals surface area (Å²) in [5.74, 6) is 0. The lowest BCUT2D eigenvalue weighted by atomic mass is 9.93. The van der Waals surface area contributed by atoms with Crippen LogP contribution in [0.1, 0.15) is 17.2 Å². The van der Waals surface area contributed by atoms with E-state index in [9.17, 15) is 0 Å². The highest BCUT2D eigenvalue weighted by atomic mass is 35.5. The SMILES string of the molecule is CN1C(Cl)=Nc2sc3ccccc3c2C1c1ccc(-c2cccc3c2sc2ccccc23)cc1. The third-order valence-electron chi connectivity index (χ3n) is 6.70. The molecule has 0 saturated carbocycles. The van der Waals surface area contributed by atoms with Gasteiger partial charge in [-0.2, -0.15) is 0 Å². The van der Waals surface area contributed by atoms with E-state index in [1.807, 2.05) is 18.4 Å². The van der Waals surface area contributed by atoms with Crippen molar-refractivity contribution in [3.63, 3.8) is 0 Å². The fourth-order valence-corrected chi connectivity index (χ4v) is 7.65. The van der Waals surface area contributed by atoms with Crippen molar-refractivity contribution in [2.24, 2.45) is 4.99 Å². The van der Waals surface area contributed by atoms with Crippen LogP contribution in [0.25, 0.3) is 41.4 Å². The lowest BCUT2D eigenvalue weighted by Gasteiger charge is -2.32. The maximum absolute atomic E-state index is 6.58. The molecule has 164 valence electrons. The quantitative estimate of drug-likeness (QED) is 0.219. The molecule has 0 N–H and O–H groups in total. The second-order valence-corrected chi connectivity index (χ2v) is 11.0. The number of aliphatic imine (C=N–C) groups is 1. The number of hydrogen-bond acceptors (Lipinski definition) is 4. The van der Waals surface area contributed by atoms with Crippen molar-refractivity contribution in [3.8, 4) is 11.1 Å². The van der Waals surface area contributed by atoms with Crippen LogP contribution < -0.4 is 0 Å². The number of nitrogens with zero attached hydrogens (tertiary/aromatic N) is 2. The topological polar surface area (TPSA) is 15.6 Å². The van der Waals surface area contributed by atoms with Crippen LogP contribution >= 0.6 is 34.3 Å². The number of benzene rings is 4. The molecule has 1 unspecified atom stereocenters. The molecule has 0 bridgehead atoms. The van der Waals surface area contributed by atoms with Gasteiger partial charge in [0.15, 0.2) is 5.29 Å². The lowest BCUT2D eigenvalue weighted by molar-refractivity contribution is 0.432. The van der Waals surface area contributed by atoms with Gasteiger partial charge in [-0.05, 0) is 40.4 Å². The molecule has 0 saturated heterocycles. The molecule has 2 aromatic heterocycles. The van der Waals surface area contributed by atoms with E-state index in [1.165, 1.54) is 52.5 Å². The monoisotopic (exact) mass is 494 g/mol. The number of hydrogen-bond donors (Lipinski definition) is 0. The molecule has 3 heterocycles. The third kappa shape index (κ3) is 2.96. The van der Waals surface area contributed by atoms with Gasteiger partial charge in [0, 0.05) is 42.9 Å². The molecule has 5 heteroatoms. The fourth-order valence-electron chi connectivity index (χ4n) is 5.07. The minimum atomic E-state index is 0.0327. The molecular weight excluding hydrogens is 476 g/mol. The minimum Gasteiger partial charge on any atom is -0.339 e. The first-order chi connectivity index (χ1) is 16.7. The second kappa shape index (κ2) is 7.67. The number of amidine groups is 1. The van der Waals surface area contributed by atoms with Crippen LogP contribution in [0.5, 0.6) is 0 Å². The van der Waals surface area contributed by atoms with Crippen molar-refractivity contribution in [2.75, 3.05) is 7.05 Å². The van der Waals surface area contributed by atoms with Crippen LogP contribution in [-0.4, -0.2) is 17.2 Å². The lowest BCUT2D eigenvalue weighted by Crippen LogP contribution is -2.30. The van der Waals surface area contributed by atoms with Crippen LogP contribution in [0.3, 0.4) is 0 Å². The standard InChI is InChI=1S/C29H19ClN2S2/c1-32-26(25-22-8-3-5-12-24(22)34-28(25)31-29(32)30)18-15-13-17(14-16-18)19-9-6-10-21-20-7-2-4-11-23(20)33-27(19)21/h2-16,26H,1H3. The third-order valence-corrected chi connectivity index (χ3v) is 9.35. The van der Waals surface area contributed by atoms with E-state index in [0.717, 1.165) is 5.00 Å². The summed E-state index contributed by atoms with van der Waals surface area (Å²) in [5, 5.41) is 5.45. The van der Waals surface area contributed by atoms with E-state index in [4.69, 9.17) is 11.6 Å².